The maximum atomic E-state index is 13.4. The molecule has 1 aromatic rings. The Bertz CT molecular complexity index is 434. The van der Waals surface area contributed by atoms with Gasteiger partial charge in [0.1, 0.15) is 11.6 Å². The first-order valence-electron chi connectivity index (χ1n) is 6.80. The summed E-state index contributed by atoms with van der Waals surface area (Å²) in [5.41, 5.74) is 0.299. The fourth-order valence-corrected chi connectivity index (χ4v) is 1.97. The van der Waals surface area contributed by atoms with Crippen LogP contribution in [0.3, 0.4) is 0 Å². The van der Waals surface area contributed by atoms with Crippen LogP contribution < -0.4 is 10.1 Å². The number of halogens is 1. The molecule has 1 atom stereocenters. The van der Waals surface area contributed by atoms with Crippen LogP contribution in [-0.4, -0.2) is 29.9 Å². The average Bonchev–Trinajstić information content (AvgIpc) is 3.17. The van der Waals surface area contributed by atoms with Crippen molar-refractivity contribution < 1.29 is 14.2 Å². The summed E-state index contributed by atoms with van der Waals surface area (Å²) >= 11 is 0. The molecular weight excluding hydrogens is 245 g/mol. The van der Waals surface area contributed by atoms with E-state index in [9.17, 15) is 9.50 Å². The summed E-state index contributed by atoms with van der Waals surface area (Å²) in [7, 11) is 0. The predicted octanol–water partition coefficient (Wildman–Crippen LogP) is 2.41. The van der Waals surface area contributed by atoms with Crippen molar-refractivity contribution in [1.29, 1.82) is 0 Å². The number of aryl methyl sites for hydroxylation is 1. The van der Waals surface area contributed by atoms with Gasteiger partial charge in [0.05, 0.1) is 13.2 Å². The van der Waals surface area contributed by atoms with Gasteiger partial charge in [0.15, 0.2) is 0 Å². The van der Waals surface area contributed by atoms with E-state index in [-0.39, 0.29) is 18.0 Å². The van der Waals surface area contributed by atoms with E-state index in [1.54, 1.807) is 19.1 Å². The molecule has 2 N–H and O–H groups in total. The van der Waals surface area contributed by atoms with Gasteiger partial charge in [0, 0.05) is 24.1 Å². The molecule has 1 aromatic carbocycles. The van der Waals surface area contributed by atoms with Crippen molar-refractivity contribution in [2.75, 3.05) is 13.2 Å². The Morgan fingerprint density at radius 3 is 2.79 bits per heavy atom. The highest BCUT2D eigenvalue weighted by Crippen LogP contribution is 2.24. The zero-order valence-corrected chi connectivity index (χ0v) is 11.6. The number of aliphatic hydroxyl groups excluding tert-OH is 1. The fraction of sp³-hybridized carbons (Fsp3) is 0.600. The fourth-order valence-electron chi connectivity index (χ4n) is 1.97. The largest absolute Gasteiger partial charge is 0.493 e. The molecule has 0 saturated heterocycles. The monoisotopic (exact) mass is 267 g/mol. The van der Waals surface area contributed by atoms with Gasteiger partial charge in [-0.15, -0.1) is 0 Å². The summed E-state index contributed by atoms with van der Waals surface area (Å²) < 4.78 is 18.9. The topological polar surface area (TPSA) is 41.5 Å². The van der Waals surface area contributed by atoms with Gasteiger partial charge in [-0.05, 0) is 38.3 Å². The SMILES string of the molecule is Cc1ccc(OCCC(C)(CO)NC2CC2)cc1F. The quantitative estimate of drug-likeness (QED) is 0.797. The van der Waals surface area contributed by atoms with Gasteiger partial charge in [0.2, 0.25) is 0 Å². The molecule has 106 valence electrons. The maximum Gasteiger partial charge on any atom is 0.129 e. The van der Waals surface area contributed by atoms with Crippen LogP contribution in [0.2, 0.25) is 0 Å². The Labute approximate surface area is 113 Å². The molecule has 1 saturated carbocycles. The van der Waals surface area contributed by atoms with E-state index in [0.29, 0.717) is 30.4 Å². The minimum absolute atomic E-state index is 0.0785. The molecule has 2 rings (SSSR count). The van der Waals surface area contributed by atoms with E-state index < -0.39 is 0 Å². The van der Waals surface area contributed by atoms with E-state index in [2.05, 4.69) is 5.32 Å². The number of hydrogen-bond donors (Lipinski definition) is 2. The molecule has 1 fully saturated rings. The Morgan fingerprint density at radius 2 is 2.21 bits per heavy atom. The molecule has 0 spiro atoms. The second-order valence-corrected chi connectivity index (χ2v) is 5.65. The summed E-state index contributed by atoms with van der Waals surface area (Å²) in [6, 6.07) is 5.41. The Balaban J connectivity index is 1.82. The zero-order valence-electron chi connectivity index (χ0n) is 11.6. The molecule has 1 aliphatic rings. The Kier molecular flexibility index (Phi) is 4.42. The van der Waals surface area contributed by atoms with Crippen molar-refractivity contribution >= 4 is 0 Å². The molecule has 0 heterocycles. The first-order valence-corrected chi connectivity index (χ1v) is 6.80. The highest BCUT2D eigenvalue weighted by atomic mass is 19.1. The van der Waals surface area contributed by atoms with Gasteiger partial charge in [-0.25, -0.2) is 4.39 Å². The number of rotatable bonds is 7. The molecule has 4 heteroatoms. The first kappa shape index (κ1) is 14.3. The van der Waals surface area contributed by atoms with Crippen molar-refractivity contribution in [2.24, 2.45) is 0 Å². The highest BCUT2D eigenvalue weighted by Gasteiger charge is 2.31. The van der Waals surface area contributed by atoms with Crippen molar-refractivity contribution in [1.82, 2.24) is 5.32 Å². The molecule has 0 amide bonds. The third kappa shape index (κ3) is 4.18. The number of benzene rings is 1. The van der Waals surface area contributed by atoms with E-state index in [1.807, 2.05) is 6.92 Å². The molecule has 0 radical (unpaired) electrons. The molecule has 0 bridgehead atoms. The van der Waals surface area contributed by atoms with Crippen molar-refractivity contribution in [3.05, 3.63) is 29.6 Å². The highest BCUT2D eigenvalue weighted by molar-refractivity contribution is 5.27. The molecule has 1 unspecified atom stereocenters. The number of hydrogen-bond acceptors (Lipinski definition) is 3. The Hall–Kier alpha value is -1.13. The van der Waals surface area contributed by atoms with Gasteiger partial charge in [-0.1, -0.05) is 6.07 Å². The van der Waals surface area contributed by atoms with Crippen LogP contribution in [-0.2, 0) is 0 Å². The number of aliphatic hydroxyl groups is 1. The van der Waals surface area contributed by atoms with E-state index in [4.69, 9.17) is 4.74 Å². The standard InChI is InChI=1S/C15H22FNO2/c1-11-3-6-13(9-14(11)16)19-8-7-15(2,10-18)17-12-4-5-12/h3,6,9,12,17-18H,4-5,7-8,10H2,1-2H3. The third-order valence-electron chi connectivity index (χ3n) is 3.54. The van der Waals surface area contributed by atoms with Gasteiger partial charge < -0.3 is 15.2 Å². The lowest BCUT2D eigenvalue weighted by molar-refractivity contribution is 0.142. The lowest BCUT2D eigenvalue weighted by Gasteiger charge is -2.29. The van der Waals surface area contributed by atoms with Gasteiger partial charge >= 0.3 is 0 Å². The Morgan fingerprint density at radius 1 is 1.47 bits per heavy atom. The smallest absolute Gasteiger partial charge is 0.129 e. The van der Waals surface area contributed by atoms with Crippen LogP contribution in [0.25, 0.3) is 0 Å². The van der Waals surface area contributed by atoms with Crippen LogP contribution in [0.5, 0.6) is 5.75 Å². The molecule has 0 aromatic heterocycles. The normalized spacial score (nSPS) is 18.1. The lowest BCUT2D eigenvalue weighted by Crippen LogP contribution is -2.48. The van der Waals surface area contributed by atoms with Crippen LogP contribution >= 0.6 is 0 Å². The summed E-state index contributed by atoms with van der Waals surface area (Å²) in [6.45, 7) is 4.25. The number of nitrogens with one attached hydrogen (secondary N) is 1. The summed E-state index contributed by atoms with van der Waals surface area (Å²) in [5.74, 6) is 0.285. The summed E-state index contributed by atoms with van der Waals surface area (Å²) in [5, 5.41) is 12.9. The number of ether oxygens (including phenoxy) is 1. The maximum absolute atomic E-state index is 13.4. The minimum atomic E-state index is -0.315. The van der Waals surface area contributed by atoms with Crippen LogP contribution in [0.4, 0.5) is 4.39 Å². The second-order valence-electron chi connectivity index (χ2n) is 5.65. The van der Waals surface area contributed by atoms with E-state index in [1.165, 1.54) is 18.9 Å². The van der Waals surface area contributed by atoms with E-state index in [0.717, 1.165) is 0 Å². The summed E-state index contributed by atoms with van der Waals surface area (Å²) in [4.78, 5) is 0. The summed E-state index contributed by atoms with van der Waals surface area (Å²) in [6.07, 6.45) is 3.05. The van der Waals surface area contributed by atoms with E-state index >= 15 is 0 Å². The van der Waals surface area contributed by atoms with Crippen LogP contribution in [0.15, 0.2) is 18.2 Å². The molecule has 0 aliphatic heterocycles. The average molecular weight is 267 g/mol. The van der Waals surface area contributed by atoms with Gasteiger partial charge in [-0.2, -0.15) is 0 Å². The third-order valence-corrected chi connectivity index (χ3v) is 3.54. The molecular formula is C15H22FNO2. The molecule has 19 heavy (non-hydrogen) atoms. The second kappa shape index (κ2) is 5.88. The molecule has 3 nitrogen and oxygen atoms in total. The van der Waals surface area contributed by atoms with Gasteiger partial charge in [-0.3, -0.25) is 0 Å². The lowest BCUT2D eigenvalue weighted by atomic mass is 9.99. The van der Waals surface area contributed by atoms with Crippen molar-refractivity contribution in [2.45, 2.75) is 44.7 Å². The molecule has 1 aliphatic carbocycles. The van der Waals surface area contributed by atoms with Crippen LogP contribution in [0.1, 0.15) is 31.7 Å². The predicted molar refractivity (Wildman–Crippen MR) is 72.9 cm³/mol. The van der Waals surface area contributed by atoms with Crippen molar-refractivity contribution in [3.63, 3.8) is 0 Å². The minimum Gasteiger partial charge on any atom is -0.493 e. The van der Waals surface area contributed by atoms with Crippen molar-refractivity contribution in [3.8, 4) is 5.75 Å². The zero-order chi connectivity index (χ0) is 13.9. The first-order chi connectivity index (χ1) is 9.02. The van der Waals surface area contributed by atoms with Crippen LogP contribution in [0, 0.1) is 12.7 Å². The van der Waals surface area contributed by atoms with Gasteiger partial charge in [0.25, 0.3) is 0 Å².